The number of hydrogen-bond donors (Lipinski definition) is 2. The van der Waals surface area contributed by atoms with Gasteiger partial charge in [0.2, 0.25) is 0 Å². The monoisotopic (exact) mass is 450 g/mol. The molecule has 2 rings (SSSR count). The Morgan fingerprint density at radius 3 is 2.65 bits per heavy atom. The van der Waals surface area contributed by atoms with Crippen LogP contribution in [0.5, 0.6) is 5.75 Å². The Morgan fingerprint density at radius 2 is 2.09 bits per heavy atom. The fraction of sp³-hybridized carbons (Fsp3) is 0.0833. The van der Waals surface area contributed by atoms with Crippen LogP contribution < -0.4 is 0 Å². The molecule has 0 unspecified atom stereocenters. The highest BCUT2D eigenvalue weighted by molar-refractivity contribution is 14.1. The molecule has 9 nitrogen and oxygen atoms in total. The smallest absolute Gasteiger partial charge is 0.323 e. The first-order chi connectivity index (χ1) is 10.7. The number of carbonyl (C=O) groups is 3. The number of non-ortho nitro benzene ring substituents is 1. The Kier molecular flexibility index (Phi) is 4.89. The van der Waals surface area contributed by atoms with E-state index in [2.05, 4.69) is 0 Å². The molecule has 1 saturated heterocycles. The van der Waals surface area contributed by atoms with Crippen molar-refractivity contribution in [3.63, 3.8) is 0 Å². The van der Waals surface area contributed by atoms with Gasteiger partial charge in [0, 0.05) is 17.7 Å². The number of amides is 2. The Morgan fingerprint density at radius 1 is 1.43 bits per heavy atom. The first-order valence-electron chi connectivity index (χ1n) is 5.84. The van der Waals surface area contributed by atoms with Gasteiger partial charge in [0.15, 0.2) is 0 Å². The first-order valence-corrected chi connectivity index (χ1v) is 7.74. The summed E-state index contributed by atoms with van der Waals surface area (Å²) in [6.07, 6.45) is 1.12. The van der Waals surface area contributed by atoms with Crippen molar-refractivity contribution in [1.82, 2.24) is 4.90 Å². The lowest BCUT2D eigenvalue weighted by Crippen LogP contribution is -2.33. The summed E-state index contributed by atoms with van der Waals surface area (Å²) in [7, 11) is 0. The molecule has 2 N–H and O–H groups in total. The van der Waals surface area contributed by atoms with Crippen LogP contribution in [0.25, 0.3) is 6.08 Å². The van der Waals surface area contributed by atoms with E-state index in [-0.39, 0.29) is 25.5 Å². The summed E-state index contributed by atoms with van der Waals surface area (Å²) in [5.74, 6) is -2.45. The zero-order chi connectivity index (χ0) is 17.3. The van der Waals surface area contributed by atoms with Gasteiger partial charge in [0.05, 0.1) is 13.4 Å². The van der Waals surface area contributed by atoms with Crippen LogP contribution in [0.15, 0.2) is 17.0 Å². The molecule has 0 aromatic heterocycles. The van der Waals surface area contributed by atoms with Gasteiger partial charge in [-0.05, 0) is 40.4 Å². The number of nitrogens with zero attached hydrogens (tertiary/aromatic N) is 2. The maximum absolute atomic E-state index is 12.0. The van der Waals surface area contributed by atoms with Crippen molar-refractivity contribution in [2.24, 2.45) is 0 Å². The van der Waals surface area contributed by atoms with Crippen molar-refractivity contribution in [2.75, 3.05) is 6.54 Å². The molecule has 1 aliphatic rings. The Labute approximate surface area is 146 Å². The molecule has 0 saturated carbocycles. The van der Waals surface area contributed by atoms with Crippen LogP contribution in [0.3, 0.4) is 0 Å². The molecule has 0 atom stereocenters. The summed E-state index contributed by atoms with van der Waals surface area (Å²) < 4.78 is 0.202. The van der Waals surface area contributed by atoms with Gasteiger partial charge < -0.3 is 10.2 Å². The van der Waals surface area contributed by atoms with E-state index in [0.29, 0.717) is 16.7 Å². The molecule has 1 aromatic rings. The van der Waals surface area contributed by atoms with E-state index in [1.165, 1.54) is 0 Å². The number of imide groups is 1. The molecule has 0 bridgehead atoms. The second-order valence-electron chi connectivity index (χ2n) is 4.28. The van der Waals surface area contributed by atoms with Crippen molar-refractivity contribution in [3.05, 3.63) is 36.3 Å². The van der Waals surface area contributed by atoms with Gasteiger partial charge in [-0.1, -0.05) is 0 Å². The van der Waals surface area contributed by atoms with Crippen molar-refractivity contribution in [2.45, 2.75) is 0 Å². The topological polar surface area (TPSA) is 138 Å². The lowest BCUT2D eigenvalue weighted by molar-refractivity contribution is -0.385. The lowest BCUT2D eigenvalue weighted by atomic mass is 10.1. The number of phenolic OH excluding ortho intramolecular Hbond substituents is 1. The third-order valence-electron chi connectivity index (χ3n) is 2.74. The summed E-state index contributed by atoms with van der Waals surface area (Å²) in [5.41, 5.74) is -0.298. The van der Waals surface area contributed by atoms with Gasteiger partial charge in [0.1, 0.15) is 12.3 Å². The van der Waals surface area contributed by atoms with E-state index in [4.69, 9.17) is 5.11 Å². The Balaban J connectivity index is 2.43. The predicted octanol–water partition coefficient (Wildman–Crippen LogP) is 2.03. The number of rotatable bonds is 4. The zero-order valence-electron chi connectivity index (χ0n) is 11.1. The zero-order valence-corrected chi connectivity index (χ0v) is 14.0. The molecule has 0 radical (unpaired) electrons. The van der Waals surface area contributed by atoms with Crippen molar-refractivity contribution >= 4 is 63.2 Å². The van der Waals surface area contributed by atoms with Gasteiger partial charge >= 0.3 is 5.97 Å². The maximum Gasteiger partial charge on any atom is 0.323 e. The molecule has 2 amide bonds. The first kappa shape index (κ1) is 17.2. The Hall–Kier alpha value is -2.15. The van der Waals surface area contributed by atoms with Crippen LogP contribution in [0, 0.1) is 13.7 Å². The number of nitro groups is 1. The molecular formula is C12H7IN2O7S. The molecule has 1 fully saturated rings. The van der Waals surface area contributed by atoms with Gasteiger partial charge in [-0.15, -0.1) is 0 Å². The average Bonchev–Trinajstić information content (AvgIpc) is 2.70. The van der Waals surface area contributed by atoms with E-state index < -0.39 is 28.6 Å². The van der Waals surface area contributed by atoms with E-state index in [1.807, 2.05) is 0 Å². The number of carboxylic acid groups (broad SMARTS) is 1. The number of phenols is 1. The van der Waals surface area contributed by atoms with Crippen molar-refractivity contribution < 1.29 is 29.5 Å². The summed E-state index contributed by atoms with van der Waals surface area (Å²) in [6, 6.07) is 2.21. The molecule has 1 heterocycles. The highest BCUT2D eigenvalue weighted by Crippen LogP contribution is 2.36. The second kappa shape index (κ2) is 6.54. The second-order valence-corrected chi connectivity index (χ2v) is 6.44. The van der Waals surface area contributed by atoms with Gasteiger partial charge in [0.25, 0.3) is 16.8 Å². The quantitative estimate of drug-likeness (QED) is 0.308. The summed E-state index contributed by atoms with van der Waals surface area (Å²) in [5, 5.41) is 28.7. The molecule has 11 heteroatoms. The maximum atomic E-state index is 12.0. The van der Waals surface area contributed by atoms with Crippen LogP contribution in [0.2, 0.25) is 0 Å². The number of carbonyl (C=O) groups excluding carboxylic acids is 2. The summed E-state index contributed by atoms with van der Waals surface area (Å²) in [4.78, 5) is 44.9. The third-order valence-corrected chi connectivity index (χ3v) is 4.47. The van der Waals surface area contributed by atoms with Crippen LogP contribution in [0.4, 0.5) is 10.5 Å². The number of hydrogen-bond acceptors (Lipinski definition) is 7. The minimum absolute atomic E-state index is 0.00979. The van der Waals surface area contributed by atoms with Gasteiger partial charge in [-0.2, -0.15) is 0 Å². The standard InChI is InChI=1S/C12H7IN2O7S/c13-7-3-6(15(21)22)1-5(10(7)18)2-8-11(19)14(4-9(16)17)12(20)23-8/h1-3,18H,4H2,(H,16,17)/b8-2+. The summed E-state index contributed by atoms with van der Waals surface area (Å²) >= 11 is 2.19. The van der Waals surface area contributed by atoms with Crippen LogP contribution >= 0.6 is 34.4 Å². The number of nitro benzene ring substituents is 1. The SMILES string of the molecule is O=C(O)CN1C(=O)S/C(=C/c2cc([N+](=O)[O-])cc(I)c2O)C1=O. The van der Waals surface area contributed by atoms with Gasteiger partial charge in [-0.25, -0.2) is 0 Å². The lowest BCUT2D eigenvalue weighted by Gasteiger charge is -2.08. The molecule has 0 spiro atoms. The molecule has 23 heavy (non-hydrogen) atoms. The third kappa shape index (κ3) is 3.61. The molecular weight excluding hydrogens is 443 g/mol. The number of thioether (sulfide) groups is 1. The van der Waals surface area contributed by atoms with Crippen LogP contribution in [-0.2, 0) is 9.59 Å². The molecule has 1 aliphatic heterocycles. The van der Waals surface area contributed by atoms with E-state index in [1.54, 1.807) is 22.6 Å². The molecule has 120 valence electrons. The van der Waals surface area contributed by atoms with Crippen molar-refractivity contribution in [3.8, 4) is 5.75 Å². The minimum atomic E-state index is -1.35. The van der Waals surface area contributed by atoms with Crippen molar-refractivity contribution in [1.29, 1.82) is 0 Å². The fourth-order valence-corrected chi connectivity index (χ4v) is 3.19. The predicted molar refractivity (Wildman–Crippen MR) is 87.8 cm³/mol. The number of aromatic hydroxyl groups is 1. The average molecular weight is 450 g/mol. The minimum Gasteiger partial charge on any atom is -0.506 e. The van der Waals surface area contributed by atoms with Crippen LogP contribution in [-0.4, -0.2) is 43.7 Å². The normalized spacial score (nSPS) is 16.2. The summed E-state index contributed by atoms with van der Waals surface area (Å²) in [6.45, 7) is -0.777. The molecule has 1 aromatic carbocycles. The highest BCUT2D eigenvalue weighted by Gasteiger charge is 2.36. The van der Waals surface area contributed by atoms with E-state index >= 15 is 0 Å². The highest BCUT2D eigenvalue weighted by atomic mass is 127. The van der Waals surface area contributed by atoms with Crippen LogP contribution in [0.1, 0.15) is 5.56 Å². The van der Waals surface area contributed by atoms with E-state index in [0.717, 1.165) is 18.2 Å². The number of carboxylic acids is 1. The Bertz CT molecular complexity index is 777. The largest absolute Gasteiger partial charge is 0.506 e. The number of aliphatic carboxylic acids is 1. The van der Waals surface area contributed by atoms with Gasteiger partial charge in [-0.3, -0.25) is 29.4 Å². The number of benzene rings is 1. The fourth-order valence-electron chi connectivity index (χ4n) is 1.73. The molecule has 0 aliphatic carbocycles. The number of halogens is 1. The van der Waals surface area contributed by atoms with E-state index in [9.17, 15) is 29.6 Å².